The number of halogens is 1. The van der Waals surface area contributed by atoms with Crippen molar-refractivity contribution in [2.45, 2.75) is 46.0 Å². The molecule has 13 heteroatoms. The third-order valence-electron chi connectivity index (χ3n) is 2.45. The smallest absolute Gasteiger partial charge is 0.303 e. The van der Waals surface area contributed by atoms with Gasteiger partial charge in [0.05, 0.1) is 6.21 Å². The van der Waals surface area contributed by atoms with E-state index in [1.165, 1.54) is 0 Å². The highest BCUT2D eigenvalue weighted by molar-refractivity contribution is 5.85. The van der Waals surface area contributed by atoms with Crippen molar-refractivity contribution in [2.24, 2.45) is 21.7 Å². The Kier molecular flexibility index (Phi) is 13.0. The first-order chi connectivity index (χ1) is 12.0. The van der Waals surface area contributed by atoms with E-state index < -0.39 is 48.8 Å². The Hall–Kier alpha value is -2.89. The lowest BCUT2D eigenvalue weighted by Crippen LogP contribution is -2.48. The van der Waals surface area contributed by atoms with Crippen LogP contribution in [0.4, 0.5) is 0 Å². The van der Waals surface area contributed by atoms with E-state index in [0.29, 0.717) is 0 Å². The van der Waals surface area contributed by atoms with E-state index in [1.807, 2.05) is 0 Å². The molecule has 0 aliphatic carbocycles. The Balaban J connectivity index is 0. The van der Waals surface area contributed by atoms with Crippen LogP contribution >= 0.6 is 12.4 Å². The van der Waals surface area contributed by atoms with E-state index in [4.69, 9.17) is 30.4 Å². The van der Waals surface area contributed by atoms with Crippen LogP contribution in [0.3, 0.4) is 0 Å². The van der Waals surface area contributed by atoms with Crippen LogP contribution in [0.2, 0.25) is 0 Å². The van der Waals surface area contributed by atoms with Gasteiger partial charge in [0.15, 0.2) is 18.3 Å². The highest BCUT2D eigenvalue weighted by atomic mass is 35.5. The van der Waals surface area contributed by atoms with Crippen LogP contribution in [0, 0.1) is 0 Å². The zero-order valence-corrected chi connectivity index (χ0v) is 16.1. The van der Waals surface area contributed by atoms with E-state index in [9.17, 15) is 19.2 Å². The van der Waals surface area contributed by atoms with Crippen molar-refractivity contribution < 1.29 is 38.1 Å². The molecule has 0 aromatic heterocycles. The van der Waals surface area contributed by atoms with Crippen molar-refractivity contribution >= 4 is 48.5 Å². The highest BCUT2D eigenvalue weighted by Crippen LogP contribution is 2.14. The van der Waals surface area contributed by atoms with Crippen molar-refractivity contribution in [2.75, 3.05) is 6.61 Å². The molecule has 0 aromatic rings. The zero-order valence-electron chi connectivity index (χ0n) is 15.2. The molecule has 0 radical (unpaired) electrons. The predicted molar refractivity (Wildman–Crippen MR) is 94.8 cm³/mol. The minimum atomic E-state index is -1.38. The number of hydrogen-bond acceptors (Lipinski definition) is 10. The number of nitrogens with zero attached hydrogens (tertiary/aromatic N) is 2. The lowest BCUT2D eigenvalue weighted by Gasteiger charge is -2.29. The van der Waals surface area contributed by atoms with Gasteiger partial charge in [0.1, 0.15) is 6.61 Å². The van der Waals surface area contributed by atoms with Gasteiger partial charge in [-0.1, -0.05) is 0 Å². The summed E-state index contributed by atoms with van der Waals surface area (Å²) in [6.07, 6.45) is -3.02. The molecule has 12 nitrogen and oxygen atoms in total. The summed E-state index contributed by atoms with van der Waals surface area (Å²) in [4.78, 5) is 45.2. The number of guanidine groups is 1. The summed E-state index contributed by atoms with van der Waals surface area (Å²) in [6.45, 7) is 3.96. The molecule has 0 aliphatic heterocycles. The van der Waals surface area contributed by atoms with Crippen LogP contribution < -0.4 is 11.5 Å². The molecule has 0 saturated heterocycles. The standard InChI is InChI=1S/C14H22N4O8.ClH/c1-7(19)23-6-12(25-9(3)21)13(26-10(4)22)11(24-8(2)20)5-17-18-14(15)16;/h5,11-13H,6H2,1-4H3,(H4,15,16,18);1H/t11-,12-,13+;/m1./s1. The average molecular weight is 411 g/mol. The molecule has 0 aliphatic rings. The van der Waals surface area contributed by atoms with E-state index >= 15 is 0 Å². The molecule has 0 rings (SSSR count). The monoisotopic (exact) mass is 410 g/mol. The van der Waals surface area contributed by atoms with Crippen molar-refractivity contribution in [1.82, 2.24) is 0 Å². The summed E-state index contributed by atoms with van der Waals surface area (Å²) in [5.41, 5.74) is 10.3. The first-order valence-electron chi connectivity index (χ1n) is 7.30. The maximum Gasteiger partial charge on any atom is 0.303 e. The highest BCUT2D eigenvalue weighted by Gasteiger charge is 2.37. The van der Waals surface area contributed by atoms with Gasteiger partial charge in [-0.2, -0.15) is 5.10 Å². The lowest BCUT2D eigenvalue weighted by molar-refractivity contribution is -0.183. The van der Waals surface area contributed by atoms with Gasteiger partial charge in [-0.15, -0.1) is 17.5 Å². The van der Waals surface area contributed by atoms with Gasteiger partial charge in [0, 0.05) is 27.7 Å². The molecule has 0 fully saturated rings. The molecule has 4 N–H and O–H groups in total. The minimum Gasteiger partial charge on any atom is -0.462 e. The van der Waals surface area contributed by atoms with Crippen molar-refractivity contribution in [1.29, 1.82) is 0 Å². The van der Waals surface area contributed by atoms with Crippen LogP contribution in [0.5, 0.6) is 0 Å². The van der Waals surface area contributed by atoms with Crippen LogP contribution in [-0.4, -0.2) is 61.0 Å². The molecule has 0 unspecified atom stereocenters. The van der Waals surface area contributed by atoms with E-state index in [1.54, 1.807) is 0 Å². The number of carbonyl (C=O) groups excluding carboxylic acids is 4. The predicted octanol–water partition coefficient (Wildman–Crippen LogP) is -0.974. The topological polar surface area (TPSA) is 182 Å². The molecule has 0 bridgehead atoms. The molecule has 0 spiro atoms. The zero-order chi connectivity index (χ0) is 20.3. The Labute approximate surface area is 161 Å². The van der Waals surface area contributed by atoms with Crippen LogP contribution in [0.25, 0.3) is 0 Å². The lowest BCUT2D eigenvalue weighted by atomic mass is 10.1. The summed E-state index contributed by atoms with van der Waals surface area (Å²) >= 11 is 0. The molecule has 3 atom stereocenters. The first-order valence-corrected chi connectivity index (χ1v) is 7.30. The van der Waals surface area contributed by atoms with Crippen LogP contribution in [0.1, 0.15) is 27.7 Å². The van der Waals surface area contributed by atoms with E-state index in [0.717, 1.165) is 33.9 Å². The third-order valence-corrected chi connectivity index (χ3v) is 2.45. The molecule has 0 heterocycles. The Morgan fingerprint density at radius 3 is 1.81 bits per heavy atom. The second kappa shape index (κ2) is 13.3. The molecule has 0 saturated carbocycles. The van der Waals surface area contributed by atoms with Gasteiger partial charge < -0.3 is 30.4 Å². The van der Waals surface area contributed by atoms with Gasteiger partial charge in [-0.05, 0) is 0 Å². The van der Waals surface area contributed by atoms with Gasteiger partial charge in [-0.3, -0.25) is 19.2 Å². The largest absolute Gasteiger partial charge is 0.462 e. The second-order valence-electron chi connectivity index (χ2n) is 4.89. The number of esters is 4. The Morgan fingerprint density at radius 1 is 0.889 bits per heavy atom. The number of ether oxygens (including phenoxy) is 4. The molecular formula is C14H23ClN4O8. The fraction of sp³-hybridized carbons (Fsp3) is 0.571. The van der Waals surface area contributed by atoms with E-state index in [2.05, 4.69) is 10.2 Å². The quantitative estimate of drug-likeness (QED) is 0.157. The van der Waals surface area contributed by atoms with E-state index in [-0.39, 0.29) is 18.4 Å². The van der Waals surface area contributed by atoms with Crippen LogP contribution in [0.15, 0.2) is 10.2 Å². The minimum absolute atomic E-state index is 0. The van der Waals surface area contributed by atoms with Crippen molar-refractivity contribution in [3.63, 3.8) is 0 Å². The van der Waals surface area contributed by atoms with Gasteiger partial charge in [0.25, 0.3) is 0 Å². The number of rotatable bonds is 9. The SMILES string of the molecule is CC(=O)OC[C@@H](OC(C)=O)[C@@H](OC(C)=O)[C@@H](C=NN=C(N)N)OC(C)=O.Cl. The molecule has 154 valence electrons. The van der Waals surface area contributed by atoms with Gasteiger partial charge in [0.2, 0.25) is 5.96 Å². The number of hydrogen-bond donors (Lipinski definition) is 2. The number of carbonyl (C=O) groups is 4. The second-order valence-corrected chi connectivity index (χ2v) is 4.89. The molecule has 0 amide bonds. The summed E-state index contributed by atoms with van der Waals surface area (Å²) < 4.78 is 19.9. The van der Waals surface area contributed by atoms with Gasteiger partial charge >= 0.3 is 23.9 Å². The maximum absolute atomic E-state index is 11.4. The Bertz CT molecular complexity index is 592. The summed E-state index contributed by atoms with van der Waals surface area (Å²) in [6, 6.07) is 0. The van der Waals surface area contributed by atoms with Gasteiger partial charge in [-0.25, -0.2) is 0 Å². The normalized spacial score (nSPS) is 13.3. The third kappa shape index (κ3) is 13.0. The average Bonchev–Trinajstić information content (AvgIpc) is 2.46. The fourth-order valence-corrected chi connectivity index (χ4v) is 1.69. The summed E-state index contributed by atoms with van der Waals surface area (Å²) in [7, 11) is 0. The fourth-order valence-electron chi connectivity index (χ4n) is 1.69. The first kappa shape index (κ1) is 26.3. The summed E-state index contributed by atoms with van der Waals surface area (Å²) in [5.74, 6) is -3.31. The molecular weight excluding hydrogens is 388 g/mol. The van der Waals surface area contributed by atoms with Crippen molar-refractivity contribution in [3.8, 4) is 0 Å². The summed E-state index contributed by atoms with van der Waals surface area (Å²) in [5, 5.41) is 6.85. The molecule has 27 heavy (non-hydrogen) atoms. The van der Waals surface area contributed by atoms with Crippen molar-refractivity contribution in [3.05, 3.63) is 0 Å². The van der Waals surface area contributed by atoms with Crippen LogP contribution in [-0.2, 0) is 38.1 Å². The Morgan fingerprint density at radius 2 is 1.41 bits per heavy atom. The molecule has 0 aromatic carbocycles. The number of nitrogens with two attached hydrogens (primary N) is 2. The maximum atomic E-state index is 11.4.